The van der Waals surface area contributed by atoms with Crippen molar-refractivity contribution in [2.24, 2.45) is 0 Å². The highest BCUT2D eigenvalue weighted by atomic mass is 16.1. The van der Waals surface area contributed by atoms with E-state index in [4.69, 9.17) is 0 Å². The Morgan fingerprint density at radius 1 is 1.04 bits per heavy atom. The molecule has 0 aliphatic heterocycles. The van der Waals surface area contributed by atoms with Gasteiger partial charge in [-0.1, -0.05) is 68.5 Å². The van der Waals surface area contributed by atoms with E-state index < -0.39 is 0 Å². The first-order valence-corrected chi connectivity index (χ1v) is 8.80. The summed E-state index contributed by atoms with van der Waals surface area (Å²) in [5.74, 6) is 0.00762. The zero-order chi connectivity index (χ0) is 18.1. The fourth-order valence-corrected chi connectivity index (χ4v) is 2.51. The third kappa shape index (κ3) is 4.87. The van der Waals surface area contributed by atoms with Gasteiger partial charge in [-0.3, -0.25) is 9.78 Å². The normalized spacial score (nSPS) is 12.2. The molecular formula is C23H25NO. The number of carbonyl (C=O) groups is 1. The Hall–Kier alpha value is -2.74. The molecule has 0 spiro atoms. The van der Waals surface area contributed by atoms with Crippen molar-refractivity contribution in [2.45, 2.75) is 33.6 Å². The van der Waals surface area contributed by atoms with E-state index in [1.165, 1.54) is 0 Å². The molecule has 0 fully saturated rings. The summed E-state index contributed by atoms with van der Waals surface area (Å²) >= 11 is 0. The molecule has 128 valence electrons. The molecule has 0 aliphatic carbocycles. The van der Waals surface area contributed by atoms with Gasteiger partial charge in [0.1, 0.15) is 0 Å². The molecule has 1 heterocycles. The Balaban J connectivity index is 2.53. The van der Waals surface area contributed by atoms with Crippen LogP contribution in [0.4, 0.5) is 0 Å². The van der Waals surface area contributed by atoms with Crippen LogP contribution in [0, 0.1) is 0 Å². The lowest BCUT2D eigenvalue weighted by molar-refractivity contribution is 0.103. The largest absolute Gasteiger partial charge is 0.289 e. The summed E-state index contributed by atoms with van der Waals surface area (Å²) < 4.78 is 0. The molecule has 0 bridgehead atoms. The molecule has 1 aromatic heterocycles. The van der Waals surface area contributed by atoms with Crippen LogP contribution >= 0.6 is 0 Å². The van der Waals surface area contributed by atoms with Crippen molar-refractivity contribution in [3.8, 4) is 11.1 Å². The Labute approximate surface area is 150 Å². The van der Waals surface area contributed by atoms with Gasteiger partial charge in [0.25, 0.3) is 0 Å². The minimum Gasteiger partial charge on any atom is -0.289 e. The number of allylic oxidation sites excluding steroid dienone is 5. The van der Waals surface area contributed by atoms with Gasteiger partial charge in [-0.15, -0.1) is 0 Å². The Bertz CT molecular complexity index is 798. The number of Topliss-reactive ketones (excluding diaryl/α,β-unsaturated/α-hetero) is 1. The third-order valence-corrected chi connectivity index (χ3v) is 3.89. The predicted molar refractivity (Wildman–Crippen MR) is 107 cm³/mol. The van der Waals surface area contributed by atoms with Gasteiger partial charge in [-0.05, 0) is 37.5 Å². The number of rotatable bonds is 7. The number of aromatic nitrogens is 1. The molecule has 0 unspecified atom stereocenters. The summed E-state index contributed by atoms with van der Waals surface area (Å²) in [5, 5.41) is 0. The van der Waals surface area contributed by atoms with E-state index in [1.54, 1.807) is 0 Å². The summed E-state index contributed by atoms with van der Waals surface area (Å²) in [5.41, 5.74) is 4.06. The second-order valence-electron chi connectivity index (χ2n) is 5.72. The van der Waals surface area contributed by atoms with Gasteiger partial charge in [0.15, 0.2) is 5.78 Å². The first-order valence-electron chi connectivity index (χ1n) is 8.80. The topological polar surface area (TPSA) is 30.0 Å². The maximum absolute atomic E-state index is 13.1. The average molecular weight is 331 g/mol. The molecule has 25 heavy (non-hydrogen) atoms. The molecule has 0 amide bonds. The second-order valence-corrected chi connectivity index (χ2v) is 5.72. The van der Waals surface area contributed by atoms with E-state index >= 15 is 0 Å². The zero-order valence-corrected chi connectivity index (χ0v) is 15.2. The number of hydrogen-bond acceptors (Lipinski definition) is 2. The highest BCUT2D eigenvalue weighted by molar-refractivity contribution is 6.12. The number of hydrogen-bond donors (Lipinski definition) is 0. The van der Waals surface area contributed by atoms with Crippen LogP contribution in [0.25, 0.3) is 17.2 Å². The fraction of sp³-hybridized carbons (Fsp3) is 0.217. The molecule has 2 heteroatoms. The van der Waals surface area contributed by atoms with Gasteiger partial charge < -0.3 is 0 Å². The van der Waals surface area contributed by atoms with E-state index in [2.05, 4.69) is 18.8 Å². The van der Waals surface area contributed by atoms with Crippen LogP contribution in [0.15, 0.2) is 72.5 Å². The van der Waals surface area contributed by atoms with Gasteiger partial charge in [0.05, 0.1) is 5.69 Å². The zero-order valence-electron chi connectivity index (χ0n) is 15.2. The molecule has 2 aromatic rings. The second kappa shape index (κ2) is 9.53. The Morgan fingerprint density at radius 2 is 1.76 bits per heavy atom. The first kappa shape index (κ1) is 18.6. The minimum atomic E-state index is 0.00762. The molecular weight excluding hydrogens is 306 g/mol. The van der Waals surface area contributed by atoms with Crippen LogP contribution in [-0.2, 0) is 0 Å². The van der Waals surface area contributed by atoms with Gasteiger partial charge >= 0.3 is 0 Å². The summed E-state index contributed by atoms with van der Waals surface area (Å²) in [6.07, 6.45) is 13.3. The highest BCUT2D eigenvalue weighted by Crippen LogP contribution is 2.23. The maximum atomic E-state index is 13.1. The van der Waals surface area contributed by atoms with Crippen LogP contribution in [-0.4, -0.2) is 10.8 Å². The highest BCUT2D eigenvalue weighted by Gasteiger charge is 2.15. The summed E-state index contributed by atoms with van der Waals surface area (Å²) in [6, 6.07) is 12.0. The molecule has 0 saturated heterocycles. The van der Waals surface area contributed by atoms with Crippen LogP contribution in [0.2, 0.25) is 0 Å². The SMILES string of the molecule is C/C=C(\C=C/CC)C(=O)c1cc(-c2ccccc2)cnc1/C=C\CC. The van der Waals surface area contributed by atoms with E-state index in [0.29, 0.717) is 11.1 Å². The van der Waals surface area contributed by atoms with Crippen molar-refractivity contribution >= 4 is 11.9 Å². The van der Waals surface area contributed by atoms with Gasteiger partial charge in [-0.25, -0.2) is 0 Å². The van der Waals surface area contributed by atoms with E-state index in [9.17, 15) is 4.79 Å². The van der Waals surface area contributed by atoms with Crippen molar-refractivity contribution in [1.29, 1.82) is 0 Å². The first-order chi connectivity index (χ1) is 12.2. The van der Waals surface area contributed by atoms with Crippen molar-refractivity contribution in [3.63, 3.8) is 0 Å². The van der Waals surface area contributed by atoms with E-state index in [-0.39, 0.29) is 5.78 Å². The van der Waals surface area contributed by atoms with Crippen molar-refractivity contribution in [2.75, 3.05) is 0 Å². The van der Waals surface area contributed by atoms with Gasteiger partial charge in [0, 0.05) is 22.9 Å². The number of carbonyl (C=O) groups excluding carboxylic acids is 1. The van der Waals surface area contributed by atoms with E-state index in [0.717, 1.165) is 29.7 Å². The Morgan fingerprint density at radius 3 is 2.40 bits per heavy atom. The minimum absolute atomic E-state index is 0.00762. The fourth-order valence-electron chi connectivity index (χ4n) is 2.51. The molecule has 2 nitrogen and oxygen atoms in total. The number of ketones is 1. The number of benzene rings is 1. The average Bonchev–Trinajstić information content (AvgIpc) is 2.67. The quantitative estimate of drug-likeness (QED) is 0.340. The summed E-state index contributed by atoms with van der Waals surface area (Å²) in [6.45, 7) is 6.02. The third-order valence-electron chi connectivity index (χ3n) is 3.89. The van der Waals surface area contributed by atoms with Crippen molar-refractivity contribution in [3.05, 3.63) is 83.7 Å². The van der Waals surface area contributed by atoms with Crippen LogP contribution < -0.4 is 0 Å². The van der Waals surface area contributed by atoms with Crippen molar-refractivity contribution < 1.29 is 4.79 Å². The van der Waals surface area contributed by atoms with Crippen LogP contribution in [0.1, 0.15) is 49.7 Å². The molecule has 0 aliphatic rings. The maximum Gasteiger partial charge on any atom is 0.194 e. The lowest BCUT2D eigenvalue weighted by Crippen LogP contribution is -2.06. The standard InChI is InChI=1S/C23H25NO/c1-4-7-12-18(6-3)23(25)21-16-20(19-13-10-9-11-14-19)17-24-22(21)15-8-5-2/h6-17H,4-5H2,1-3H3/b12-7-,15-8-,18-6+. The Kier molecular flexibility index (Phi) is 7.09. The monoisotopic (exact) mass is 331 g/mol. The summed E-state index contributed by atoms with van der Waals surface area (Å²) in [7, 11) is 0. The smallest absolute Gasteiger partial charge is 0.194 e. The molecule has 0 N–H and O–H groups in total. The predicted octanol–water partition coefficient (Wildman–Crippen LogP) is 6.27. The van der Waals surface area contributed by atoms with Gasteiger partial charge in [-0.2, -0.15) is 0 Å². The molecule has 0 radical (unpaired) electrons. The van der Waals surface area contributed by atoms with E-state index in [1.807, 2.05) is 79.9 Å². The lowest BCUT2D eigenvalue weighted by Gasteiger charge is -2.09. The van der Waals surface area contributed by atoms with Crippen molar-refractivity contribution in [1.82, 2.24) is 4.98 Å². The van der Waals surface area contributed by atoms with Gasteiger partial charge in [0.2, 0.25) is 0 Å². The molecule has 0 saturated carbocycles. The lowest BCUT2D eigenvalue weighted by atomic mass is 9.97. The number of pyridine rings is 1. The molecule has 0 atom stereocenters. The van der Waals surface area contributed by atoms with Crippen LogP contribution in [0.3, 0.4) is 0 Å². The number of nitrogens with zero attached hydrogens (tertiary/aromatic N) is 1. The molecule has 2 rings (SSSR count). The van der Waals surface area contributed by atoms with Crippen LogP contribution in [0.5, 0.6) is 0 Å². The summed E-state index contributed by atoms with van der Waals surface area (Å²) in [4.78, 5) is 17.6. The molecule has 1 aromatic carbocycles.